The number of nitrogens with zero attached hydrogens (tertiary/aromatic N) is 1. The van der Waals surface area contributed by atoms with Crippen molar-refractivity contribution in [1.82, 2.24) is 0 Å². The van der Waals surface area contributed by atoms with Gasteiger partial charge in [-0.2, -0.15) is 5.26 Å². The van der Waals surface area contributed by atoms with E-state index in [0.29, 0.717) is 21.5 Å². The molecule has 0 aliphatic heterocycles. The summed E-state index contributed by atoms with van der Waals surface area (Å²) in [6.45, 7) is 0. The second kappa shape index (κ2) is 3.84. The molecule has 1 aliphatic carbocycles. The minimum absolute atomic E-state index is 0.158. The van der Waals surface area contributed by atoms with Gasteiger partial charge in [-0.15, -0.1) is 0 Å². The lowest BCUT2D eigenvalue weighted by Crippen LogP contribution is -2.12. The molecule has 1 atom stereocenters. The van der Waals surface area contributed by atoms with Gasteiger partial charge in [-0.1, -0.05) is 0 Å². The van der Waals surface area contributed by atoms with Gasteiger partial charge in [0.15, 0.2) is 0 Å². The summed E-state index contributed by atoms with van der Waals surface area (Å²) in [4.78, 5) is 0. The van der Waals surface area contributed by atoms with Crippen molar-refractivity contribution in [2.45, 2.75) is 18.9 Å². The molecule has 1 aromatic carbocycles. The van der Waals surface area contributed by atoms with Crippen molar-refractivity contribution in [2.75, 3.05) is 0 Å². The molecule has 0 amide bonds. The largest absolute Gasteiger partial charge is 0.506 e. The minimum Gasteiger partial charge on any atom is -0.506 e. The first-order chi connectivity index (χ1) is 7.13. The van der Waals surface area contributed by atoms with Gasteiger partial charge < -0.3 is 10.8 Å². The van der Waals surface area contributed by atoms with Gasteiger partial charge in [0.05, 0.1) is 16.1 Å². The van der Waals surface area contributed by atoms with Crippen LogP contribution in [0.5, 0.6) is 5.75 Å². The minimum atomic E-state index is -0.158. The fraction of sp³-hybridized carbons (Fsp3) is 0.364. The van der Waals surface area contributed by atoms with E-state index >= 15 is 0 Å². The average Bonchev–Trinajstić information content (AvgIpc) is 3.04. The standard InChI is InChI=1S/C11H11BrN2O/c12-9-4-6(5-13)3-8(11(9)15)10(14)7-1-2-7/h3-4,7,10,15H,1-2,14H2/t10-/m1/s1. The Balaban J connectivity index is 2.44. The van der Waals surface area contributed by atoms with Crippen LogP contribution in [0.4, 0.5) is 0 Å². The molecular weight excluding hydrogens is 256 g/mol. The molecule has 0 radical (unpaired) electrons. The summed E-state index contributed by atoms with van der Waals surface area (Å²) in [5.74, 6) is 0.616. The Labute approximate surface area is 96.6 Å². The second-order valence-corrected chi connectivity index (χ2v) is 4.73. The first kappa shape index (κ1) is 10.5. The van der Waals surface area contributed by atoms with Crippen molar-refractivity contribution in [3.63, 3.8) is 0 Å². The number of benzene rings is 1. The summed E-state index contributed by atoms with van der Waals surface area (Å²) in [5.41, 5.74) is 7.19. The number of nitriles is 1. The molecule has 0 heterocycles. The third kappa shape index (κ3) is 1.99. The van der Waals surface area contributed by atoms with Crippen molar-refractivity contribution in [3.8, 4) is 11.8 Å². The Morgan fingerprint density at radius 3 is 2.73 bits per heavy atom. The number of hydrogen-bond acceptors (Lipinski definition) is 3. The van der Waals surface area contributed by atoms with Crippen LogP contribution in [0, 0.1) is 17.2 Å². The third-order valence-electron chi connectivity index (χ3n) is 2.71. The highest BCUT2D eigenvalue weighted by molar-refractivity contribution is 9.10. The van der Waals surface area contributed by atoms with E-state index in [1.807, 2.05) is 0 Å². The highest BCUT2D eigenvalue weighted by atomic mass is 79.9. The maximum absolute atomic E-state index is 9.83. The quantitative estimate of drug-likeness (QED) is 0.864. The summed E-state index contributed by atoms with van der Waals surface area (Å²) < 4.78 is 0.535. The predicted molar refractivity (Wildman–Crippen MR) is 60.2 cm³/mol. The van der Waals surface area contributed by atoms with Gasteiger partial charge in [0.1, 0.15) is 5.75 Å². The van der Waals surface area contributed by atoms with Crippen molar-refractivity contribution < 1.29 is 5.11 Å². The lowest BCUT2D eigenvalue weighted by molar-refractivity contribution is 0.453. The molecule has 1 fully saturated rings. The predicted octanol–water partition coefficient (Wildman–Crippen LogP) is 2.44. The normalized spacial score (nSPS) is 17.1. The number of nitrogens with two attached hydrogens (primary N) is 1. The van der Waals surface area contributed by atoms with Crippen LogP contribution in [0.15, 0.2) is 16.6 Å². The van der Waals surface area contributed by atoms with Gasteiger partial charge >= 0.3 is 0 Å². The Bertz CT molecular complexity index is 435. The smallest absolute Gasteiger partial charge is 0.134 e. The summed E-state index contributed by atoms with van der Waals surface area (Å²) in [6, 6.07) is 5.16. The van der Waals surface area contributed by atoms with Crippen LogP contribution in [0.1, 0.15) is 30.0 Å². The fourth-order valence-corrected chi connectivity index (χ4v) is 2.12. The van der Waals surface area contributed by atoms with E-state index in [1.165, 1.54) is 0 Å². The Morgan fingerprint density at radius 1 is 1.53 bits per heavy atom. The molecule has 3 nitrogen and oxygen atoms in total. The van der Waals surface area contributed by atoms with Gasteiger partial charge in [0.2, 0.25) is 0 Å². The summed E-state index contributed by atoms with van der Waals surface area (Å²) in [6.07, 6.45) is 2.21. The number of hydrogen-bond donors (Lipinski definition) is 2. The van der Waals surface area contributed by atoms with E-state index in [9.17, 15) is 5.11 Å². The van der Waals surface area contributed by atoms with Crippen LogP contribution in [-0.2, 0) is 0 Å². The molecule has 0 saturated heterocycles. The molecule has 15 heavy (non-hydrogen) atoms. The molecule has 0 unspecified atom stereocenters. The van der Waals surface area contributed by atoms with Crippen LogP contribution < -0.4 is 5.73 Å². The summed E-state index contributed by atoms with van der Waals surface area (Å²) in [7, 11) is 0. The monoisotopic (exact) mass is 266 g/mol. The van der Waals surface area contributed by atoms with E-state index in [2.05, 4.69) is 22.0 Å². The zero-order chi connectivity index (χ0) is 11.0. The van der Waals surface area contributed by atoms with Crippen LogP contribution >= 0.6 is 15.9 Å². The van der Waals surface area contributed by atoms with E-state index in [4.69, 9.17) is 11.0 Å². The molecule has 0 bridgehead atoms. The molecule has 4 heteroatoms. The number of phenolic OH excluding ortho intramolecular Hbond substituents is 1. The first-order valence-electron chi connectivity index (χ1n) is 4.81. The Morgan fingerprint density at radius 2 is 2.20 bits per heavy atom. The lowest BCUT2D eigenvalue weighted by atomic mass is 10.0. The van der Waals surface area contributed by atoms with Gasteiger partial charge in [0, 0.05) is 11.6 Å². The zero-order valence-corrected chi connectivity index (χ0v) is 9.66. The molecule has 1 saturated carbocycles. The van der Waals surface area contributed by atoms with Crippen molar-refractivity contribution in [3.05, 3.63) is 27.7 Å². The molecule has 0 spiro atoms. The molecule has 1 aromatic rings. The SMILES string of the molecule is N#Cc1cc(Br)c(O)c([C@H](N)C2CC2)c1. The highest BCUT2D eigenvalue weighted by Gasteiger charge is 2.31. The number of halogens is 1. The van der Waals surface area contributed by atoms with Crippen LogP contribution in [0.25, 0.3) is 0 Å². The maximum atomic E-state index is 9.83. The first-order valence-corrected chi connectivity index (χ1v) is 5.61. The maximum Gasteiger partial charge on any atom is 0.134 e. The highest BCUT2D eigenvalue weighted by Crippen LogP contribution is 2.43. The number of phenols is 1. The van der Waals surface area contributed by atoms with E-state index in [1.54, 1.807) is 12.1 Å². The second-order valence-electron chi connectivity index (χ2n) is 3.87. The van der Waals surface area contributed by atoms with Gasteiger partial charge in [-0.05, 0) is 46.8 Å². The van der Waals surface area contributed by atoms with Crippen LogP contribution in [-0.4, -0.2) is 5.11 Å². The third-order valence-corrected chi connectivity index (χ3v) is 3.32. The van der Waals surface area contributed by atoms with Crippen molar-refractivity contribution >= 4 is 15.9 Å². The molecule has 2 rings (SSSR count). The van der Waals surface area contributed by atoms with Crippen LogP contribution in [0.2, 0.25) is 0 Å². The molecular formula is C11H11BrN2O. The lowest BCUT2D eigenvalue weighted by Gasteiger charge is -2.14. The number of rotatable bonds is 2. The van der Waals surface area contributed by atoms with E-state index in [0.717, 1.165) is 12.8 Å². The van der Waals surface area contributed by atoms with Crippen molar-refractivity contribution in [1.29, 1.82) is 5.26 Å². The van der Waals surface area contributed by atoms with Gasteiger partial charge in [0.25, 0.3) is 0 Å². The molecule has 78 valence electrons. The fourth-order valence-electron chi connectivity index (χ4n) is 1.65. The summed E-state index contributed by atoms with van der Waals surface area (Å²) >= 11 is 3.22. The van der Waals surface area contributed by atoms with Gasteiger partial charge in [-0.25, -0.2) is 0 Å². The van der Waals surface area contributed by atoms with Crippen LogP contribution in [0.3, 0.4) is 0 Å². The summed E-state index contributed by atoms with van der Waals surface area (Å²) in [5, 5.41) is 18.6. The zero-order valence-electron chi connectivity index (χ0n) is 8.07. The van der Waals surface area contributed by atoms with Crippen molar-refractivity contribution in [2.24, 2.45) is 11.7 Å². The number of aromatic hydroxyl groups is 1. The molecule has 3 N–H and O–H groups in total. The van der Waals surface area contributed by atoms with E-state index < -0.39 is 0 Å². The molecule has 1 aliphatic rings. The Hall–Kier alpha value is -1.05. The topological polar surface area (TPSA) is 70.0 Å². The molecule has 0 aromatic heterocycles. The average molecular weight is 267 g/mol. The van der Waals surface area contributed by atoms with E-state index in [-0.39, 0.29) is 11.8 Å². The van der Waals surface area contributed by atoms with Gasteiger partial charge in [-0.3, -0.25) is 0 Å². The Kier molecular flexibility index (Phi) is 2.68.